The summed E-state index contributed by atoms with van der Waals surface area (Å²) < 4.78 is 7.74. The minimum Gasteiger partial charge on any atom is -0.491 e. The van der Waals surface area contributed by atoms with Crippen molar-refractivity contribution in [2.45, 2.75) is 38.8 Å². The molecule has 1 N–H and O–H groups in total. The molecular weight excluding hydrogens is 346 g/mol. The lowest BCUT2D eigenvalue weighted by atomic mass is 10.2. The molecule has 0 spiro atoms. The Kier molecular flexibility index (Phi) is 4.88. The molecule has 1 saturated carbocycles. The molecule has 0 aromatic heterocycles. The number of halogens is 2. The van der Waals surface area contributed by atoms with E-state index < -0.39 is 0 Å². The van der Waals surface area contributed by atoms with Crippen LogP contribution in [-0.4, -0.2) is 12.6 Å². The summed E-state index contributed by atoms with van der Waals surface area (Å²) in [7, 11) is 0. The van der Waals surface area contributed by atoms with E-state index in [1.807, 2.05) is 0 Å². The number of hydrogen-bond acceptors (Lipinski definition) is 2. The third-order valence-electron chi connectivity index (χ3n) is 2.68. The molecule has 0 radical (unpaired) electrons. The second-order valence-corrected chi connectivity index (χ2v) is 6.10. The molecular formula is C13H17Br2NO. The lowest BCUT2D eigenvalue weighted by Crippen LogP contribution is -2.15. The quantitative estimate of drug-likeness (QED) is 0.816. The molecule has 1 aromatic carbocycles. The molecule has 1 aromatic rings. The first kappa shape index (κ1) is 13.4. The van der Waals surface area contributed by atoms with Gasteiger partial charge in [0, 0.05) is 12.6 Å². The van der Waals surface area contributed by atoms with Gasteiger partial charge in [-0.15, -0.1) is 0 Å². The summed E-state index contributed by atoms with van der Waals surface area (Å²) in [6.45, 7) is 3.78. The van der Waals surface area contributed by atoms with Crippen LogP contribution in [0.15, 0.2) is 21.1 Å². The van der Waals surface area contributed by atoms with Crippen LogP contribution in [-0.2, 0) is 6.54 Å². The zero-order valence-electron chi connectivity index (χ0n) is 9.93. The SMILES string of the molecule is CCCOc1c(Br)cc(CNC2CC2)cc1Br. The summed E-state index contributed by atoms with van der Waals surface area (Å²) in [5, 5.41) is 3.51. The van der Waals surface area contributed by atoms with Gasteiger partial charge in [0.15, 0.2) is 0 Å². The van der Waals surface area contributed by atoms with E-state index in [0.717, 1.165) is 40.3 Å². The number of nitrogens with one attached hydrogen (secondary N) is 1. The van der Waals surface area contributed by atoms with Gasteiger partial charge in [-0.05, 0) is 68.8 Å². The lowest BCUT2D eigenvalue weighted by molar-refractivity contribution is 0.313. The van der Waals surface area contributed by atoms with Crippen LogP contribution in [0, 0.1) is 0 Å². The summed E-state index contributed by atoms with van der Waals surface area (Å²) in [5.41, 5.74) is 1.28. The molecule has 2 rings (SSSR count). The van der Waals surface area contributed by atoms with Crippen LogP contribution in [0.4, 0.5) is 0 Å². The summed E-state index contributed by atoms with van der Waals surface area (Å²) in [5.74, 6) is 0.905. The number of hydrogen-bond donors (Lipinski definition) is 1. The Morgan fingerprint density at radius 1 is 1.29 bits per heavy atom. The van der Waals surface area contributed by atoms with Crippen molar-refractivity contribution in [3.05, 3.63) is 26.6 Å². The van der Waals surface area contributed by atoms with E-state index in [1.54, 1.807) is 0 Å². The zero-order chi connectivity index (χ0) is 12.3. The molecule has 0 amide bonds. The third-order valence-corrected chi connectivity index (χ3v) is 3.86. The highest BCUT2D eigenvalue weighted by Gasteiger charge is 2.20. The van der Waals surface area contributed by atoms with Crippen molar-refractivity contribution in [2.75, 3.05) is 6.61 Å². The summed E-state index contributed by atoms with van der Waals surface area (Å²) in [6, 6.07) is 5.00. The van der Waals surface area contributed by atoms with Crippen LogP contribution >= 0.6 is 31.9 Å². The largest absolute Gasteiger partial charge is 0.491 e. The van der Waals surface area contributed by atoms with E-state index >= 15 is 0 Å². The maximum absolute atomic E-state index is 5.70. The first-order valence-corrected chi connectivity index (χ1v) is 7.63. The Balaban J connectivity index is 2.03. The van der Waals surface area contributed by atoms with Gasteiger partial charge in [0.05, 0.1) is 15.6 Å². The third kappa shape index (κ3) is 3.97. The smallest absolute Gasteiger partial charge is 0.147 e. The second kappa shape index (κ2) is 6.21. The van der Waals surface area contributed by atoms with Crippen molar-refractivity contribution in [1.82, 2.24) is 5.32 Å². The molecule has 1 aliphatic carbocycles. The molecule has 1 aliphatic rings. The number of benzene rings is 1. The van der Waals surface area contributed by atoms with Gasteiger partial charge in [0.25, 0.3) is 0 Å². The van der Waals surface area contributed by atoms with Gasteiger partial charge in [-0.25, -0.2) is 0 Å². The Morgan fingerprint density at radius 3 is 2.47 bits per heavy atom. The van der Waals surface area contributed by atoms with E-state index in [1.165, 1.54) is 18.4 Å². The highest BCUT2D eigenvalue weighted by molar-refractivity contribution is 9.11. The predicted molar refractivity (Wildman–Crippen MR) is 77.5 cm³/mol. The van der Waals surface area contributed by atoms with E-state index in [4.69, 9.17) is 4.74 Å². The average molecular weight is 363 g/mol. The monoisotopic (exact) mass is 361 g/mol. The molecule has 0 aliphatic heterocycles. The maximum atomic E-state index is 5.70. The highest BCUT2D eigenvalue weighted by Crippen LogP contribution is 2.35. The highest BCUT2D eigenvalue weighted by atomic mass is 79.9. The fraction of sp³-hybridized carbons (Fsp3) is 0.538. The molecule has 0 bridgehead atoms. The van der Waals surface area contributed by atoms with Gasteiger partial charge in [0.2, 0.25) is 0 Å². The van der Waals surface area contributed by atoms with E-state index in [9.17, 15) is 0 Å². The first-order valence-electron chi connectivity index (χ1n) is 6.04. The van der Waals surface area contributed by atoms with Gasteiger partial charge in [0.1, 0.15) is 5.75 Å². The molecule has 1 fully saturated rings. The Hall–Kier alpha value is -0.0600. The minimum absolute atomic E-state index is 0.739. The van der Waals surface area contributed by atoms with Gasteiger partial charge in [-0.1, -0.05) is 6.92 Å². The van der Waals surface area contributed by atoms with Crippen molar-refractivity contribution in [2.24, 2.45) is 0 Å². The van der Waals surface area contributed by atoms with Crippen LogP contribution in [0.1, 0.15) is 31.7 Å². The fourth-order valence-electron chi connectivity index (χ4n) is 1.61. The van der Waals surface area contributed by atoms with Gasteiger partial charge in [-0.2, -0.15) is 0 Å². The molecule has 0 unspecified atom stereocenters. The van der Waals surface area contributed by atoms with Gasteiger partial charge < -0.3 is 10.1 Å². The van der Waals surface area contributed by atoms with Crippen LogP contribution < -0.4 is 10.1 Å². The van der Waals surface area contributed by atoms with E-state index in [-0.39, 0.29) is 0 Å². The van der Waals surface area contributed by atoms with Gasteiger partial charge in [-0.3, -0.25) is 0 Å². The summed E-state index contributed by atoms with van der Waals surface area (Å²) in [4.78, 5) is 0. The zero-order valence-corrected chi connectivity index (χ0v) is 13.1. The molecule has 0 heterocycles. The second-order valence-electron chi connectivity index (χ2n) is 4.39. The first-order chi connectivity index (χ1) is 8.20. The number of rotatable bonds is 6. The van der Waals surface area contributed by atoms with E-state index in [2.05, 4.69) is 56.2 Å². The fourth-order valence-corrected chi connectivity index (χ4v) is 3.12. The topological polar surface area (TPSA) is 21.3 Å². The van der Waals surface area contributed by atoms with Crippen molar-refractivity contribution >= 4 is 31.9 Å². The Morgan fingerprint density at radius 2 is 1.94 bits per heavy atom. The Bertz CT molecular complexity index is 368. The molecule has 0 saturated heterocycles. The van der Waals surface area contributed by atoms with Crippen molar-refractivity contribution in [3.8, 4) is 5.75 Å². The average Bonchev–Trinajstić information content (AvgIpc) is 3.09. The summed E-state index contributed by atoms with van der Waals surface area (Å²) >= 11 is 7.14. The molecule has 4 heteroatoms. The van der Waals surface area contributed by atoms with Crippen molar-refractivity contribution < 1.29 is 4.74 Å². The molecule has 2 nitrogen and oxygen atoms in total. The maximum Gasteiger partial charge on any atom is 0.147 e. The van der Waals surface area contributed by atoms with Crippen LogP contribution in [0.2, 0.25) is 0 Å². The normalized spacial score (nSPS) is 15.0. The summed E-state index contributed by atoms with van der Waals surface area (Å²) in [6.07, 6.45) is 3.66. The standard InChI is InChI=1S/C13H17Br2NO/c1-2-5-17-13-11(14)6-9(7-12(13)15)8-16-10-3-4-10/h6-7,10,16H,2-5,8H2,1H3. The Labute approximate surface area is 119 Å². The predicted octanol–water partition coefficient (Wildman–Crippen LogP) is 4.25. The van der Waals surface area contributed by atoms with Gasteiger partial charge >= 0.3 is 0 Å². The van der Waals surface area contributed by atoms with Crippen molar-refractivity contribution in [1.29, 1.82) is 0 Å². The van der Waals surface area contributed by atoms with Crippen LogP contribution in [0.25, 0.3) is 0 Å². The van der Waals surface area contributed by atoms with Crippen molar-refractivity contribution in [3.63, 3.8) is 0 Å². The molecule has 17 heavy (non-hydrogen) atoms. The lowest BCUT2D eigenvalue weighted by Gasteiger charge is -2.12. The van der Waals surface area contributed by atoms with Crippen LogP contribution in [0.5, 0.6) is 5.75 Å². The minimum atomic E-state index is 0.739. The number of ether oxygens (including phenoxy) is 1. The molecule has 94 valence electrons. The van der Waals surface area contributed by atoms with E-state index in [0.29, 0.717) is 0 Å². The van der Waals surface area contributed by atoms with Crippen LogP contribution in [0.3, 0.4) is 0 Å². The molecule has 0 atom stereocenters.